The summed E-state index contributed by atoms with van der Waals surface area (Å²) < 4.78 is 30.8. The van der Waals surface area contributed by atoms with Crippen LogP contribution in [0, 0.1) is 5.82 Å². The van der Waals surface area contributed by atoms with Crippen LogP contribution in [0.1, 0.15) is 41.3 Å². The van der Waals surface area contributed by atoms with Gasteiger partial charge in [-0.25, -0.2) is 9.18 Å². The first-order chi connectivity index (χ1) is 14.9. The molecule has 2 aliphatic rings. The Labute approximate surface area is 182 Å². The number of benzene rings is 2. The van der Waals surface area contributed by atoms with E-state index in [1.807, 2.05) is 19.1 Å². The maximum Gasteiger partial charge on any atom is 0.338 e. The molecule has 0 N–H and O–H groups in total. The second-order valence-corrected chi connectivity index (χ2v) is 8.43. The van der Waals surface area contributed by atoms with E-state index in [4.69, 9.17) is 14.2 Å². The van der Waals surface area contributed by atoms with Crippen molar-refractivity contribution in [2.45, 2.75) is 43.9 Å². The van der Waals surface area contributed by atoms with E-state index in [1.54, 1.807) is 7.11 Å². The van der Waals surface area contributed by atoms with Gasteiger partial charge >= 0.3 is 5.97 Å². The van der Waals surface area contributed by atoms with Crippen molar-refractivity contribution in [1.29, 1.82) is 0 Å². The van der Waals surface area contributed by atoms with Gasteiger partial charge in [-0.05, 0) is 62.8 Å². The minimum Gasteiger partial charge on any atom is -0.493 e. The number of carbonyl (C=O) groups is 1. The second kappa shape index (κ2) is 8.35. The number of rotatable bonds is 6. The van der Waals surface area contributed by atoms with Crippen molar-refractivity contribution in [3.05, 3.63) is 71.6 Å². The van der Waals surface area contributed by atoms with Gasteiger partial charge in [-0.2, -0.15) is 0 Å². The summed E-state index contributed by atoms with van der Waals surface area (Å²) in [6.45, 7) is 7.75. The summed E-state index contributed by atoms with van der Waals surface area (Å²) in [7, 11) is 3.75. The van der Waals surface area contributed by atoms with E-state index in [2.05, 4.69) is 24.6 Å². The molecule has 164 valence electrons. The lowest BCUT2D eigenvalue weighted by Crippen LogP contribution is -2.40. The summed E-state index contributed by atoms with van der Waals surface area (Å²) in [6.07, 6.45) is 2.70. The summed E-state index contributed by atoms with van der Waals surface area (Å²) in [4.78, 5) is 14.8. The van der Waals surface area contributed by atoms with Crippen LogP contribution >= 0.6 is 0 Å². The third kappa shape index (κ3) is 3.81. The SMILES string of the molecule is C=C[C@@]12CCN(C)Cc3ccc(OC)c(c31)OC2C[C@H](C)OC(=O)c1ccc(F)cc1. The van der Waals surface area contributed by atoms with Crippen molar-refractivity contribution in [2.75, 3.05) is 20.7 Å². The van der Waals surface area contributed by atoms with E-state index < -0.39 is 17.9 Å². The summed E-state index contributed by atoms with van der Waals surface area (Å²) in [6, 6.07) is 9.40. The molecule has 0 aliphatic carbocycles. The van der Waals surface area contributed by atoms with Crippen molar-refractivity contribution in [3.8, 4) is 11.5 Å². The number of carbonyl (C=O) groups excluding carboxylic acids is 1. The van der Waals surface area contributed by atoms with Crippen LogP contribution in [0.15, 0.2) is 49.1 Å². The van der Waals surface area contributed by atoms with Crippen molar-refractivity contribution in [3.63, 3.8) is 0 Å². The first-order valence-electron chi connectivity index (χ1n) is 10.5. The van der Waals surface area contributed by atoms with Gasteiger partial charge in [0, 0.05) is 18.5 Å². The summed E-state index contributed by atoms with van der Waals surface area (Å²) in [5.74, 6) is 0.595. The Bertz CT molecular complexity index is 990. The average molecular weight is 426 g/mol. The zero-order valence-electron chi connectivity index (χ0n) is 18.2. The first-order valence-corrected chi connectivity index (χ1v) is 10.5. The van der Waals surface area contributed by atoms with Gasteiger partial charge in [0.05, 0.1) is 18.1 Å². The van der Waals surface area contributed by atoms with Crippen LogP contribution in [-0.4, -0.2) is 43.8 Å². The highest BCUT2D eigenvalue weighted by atomic mass is 19.1. The molecule has 0 saturated heterocycles. The first kappa shape index (κ1) is 21.4. The third-order valence-corrected chi connectivity index (χ3v) is 6.37. The average Bonchev–Trinajstić information content (AvgIpc) is 2.98. The Morgan fingerprint density at radius 1 is 1.35 bits per heavy atom. The number of nitrogens with zero attached hydrogens (tertiary/aromatic N) is 1. The van der Waals surface area contributed by atoms with Gasteiger partial charge in [-0.1, -0.05) is 12.1 Å². The molecule has 2 aromatic carbocycles. The van der Waals surface area contributed by atoms with Crippen molar-refractivity contribution >= 4 is 5.97 Å². The van der Waals surface area contributed by atoms with Crippen molar-refractivity contribution < 1.29 is 23.4 Å². The van der Waals surface area contributed by atoms with Crippen LogP contribution in [0.25, 0.3) is 0 Å². The number of hydrogen-bond donors (Lipinski definition) is 0. The number of methoxy groups -OCH3 is 1. The lowest BCUT2D eigenvalue weighted by molar-refractivity contribution is 0.0186. The smallest absolute Gasteiger partial charge is 0.338 e. The van der Waals surface area contributed by atoms with Crippen LogP contribution in [0.5, 0.6) is 11.5 Å². The fourth-order valence-electron chi connectivity index (χ4n) is 4.74. The van der Waals surface area contributed by atoms with E-state index in [0.29, 0.717) is 17.7 Å². The van der Waals surface area contributed by atoms with E-state index in [0.717, 1.165) is 30.8 Å². The Balaban J connectivity index is 1.60. The highest BCUT2D eigenvalue weighted by molar-refractivity contribution is 5.89. The number of halogens is 1. The maximum atomic E-state index is 13.1. The van der Waals surface area contributed by atoms with Gasteiger partial charge in [-0.15, -0.1) is 6.58 Å². The molecule has 0 bridgehead atoms. The Morgan fingerprint density at radius 3 is 2.77 bits per heavy atom. The minimum absolute atomic E-state index is 0.238. The molecular weight excluding hydrogens is 397 g/mol. The molecule has 6 heteroatoms. The standard InChI is InChI=1S/C25H28FNO4/c1-5-25-12-13-27(3)15-18-8-11-20(29-4)23(22(18)25)31-21(25)14-16(2)30-24(28)17-6-9-19(26)10-7-17/h5-11,16,21H,1,12-15H2,2-4H3/t16-,21?,25-/m0/s1. The molecule has 3 atom stereocenters. The zero-order valence-corrected chi connectivity index (χ0v) is 18.2. The predicted octanol–water partition coefficient (Wildman–Crippen LogP) is 4.49. The molecule has 0 aromatic heterocycles. The van der Waals surface area contributed by atoms with Gasteiger partial charge < -0.3 is 19.1 Å². The molecule has 5 nitrogen and oxygen atoms in total. The monoisotopic (exact) mass is 425 g/mol. The van der Waals surface area contributed by atoms with Crippen molar-refractivity contribution in [2.24, 2.45) is 0 Å². The van der Waals surface area contributed by atoms with Gasteiger partial charge in [-0.3, -0.25) is 0 Å². The quantitative estimate of drug-likeness (QED) is 0.504. The number of hydrogen-bond acceptors (Lipinski definition) is 5. The summed E-state index contributed by atoms with van der Waals surface area (Å²) in [5, 5.41) is 0. The molecule has 0 amide bonds. The lowest BCUT2D eigenvalue weighted by atomic mass is 9.72. The molecule has 4 rings (SSSR count). The molecule has 1 unspecified atom stereocenters. The van der Waals surface area contributed by atoms with Gasteiger partial charge in [0.15, 0.2) is 11.5 Å². The zero-order chi connectivity index (χ0) is 22.2. The lowest BCUT2D eigenvalue weighted by Gasteiger charge is -2.32. The molecule has 0 radical (unpaired) electrons. The molecular formula is C25H28FNO4. The van der Waals surface area contributed by atoms with Gasteiger partial charge in [0.1, 0.15) is 18.0 Å². The third-order valence-electron chi connectivity index (χ3n) is 6.37. The summed E-state index contributed by atoms with van der Waals surface area (Å²) >= 11 is 0. The molecule has 2 heterocycles. The Kier molecular flexibility index (Phi) is 5.75. The maximum absolute atomic E-state index is 13.1. The van der Waals surface area contributed by atoms with Crippen LogP contribution < -0.4 is 9.47 Å². The number of ether oxygens (including phenoxy) is 3. The van der Waals surface area contributed by atoms with Crippen molar-refractivity contribution in [1.82, 2.24) is 4.90 Å². The normalized spacial score (nSPS) is 23.3. The van der Waals surface area contributed by atoms with E-state index in [9.17, 15) is 9.18 Å². The van der Waals surface area contributed by atoms with Crippen LogP contribution in [-0.2, 0) is 16.7 Å². The topological polar surface area (TPSA) is 48.0 Å². The van der Waals surface area contributed by atoms with E-state index >= 15 is 0 Å². The van der Waals surface area contributed by atoms with Crippen LogP contribution in [0.4, 0.5) is 4.39 Å². The predicted molar refractivity (Wildman–Crippen MR) is 116 cm³/mol. The molecule has 2 aliphatic heterocycles. The van der Waals surface area contributed by atoms with Crippen LogP contribution in [0.3, 0.4) is 0 Å². The number of esters is 1. The fraction of sp³-hybridized carbons (Fsp3) is 0.400. The fourth-order valence-corrected chi connectivity index (χ4v) is 4.74. The van der Waals surface area contributed by atoms with Gasteiger partial charge in [0.25, 0.3) is 0 Å². The molecule has 0 saturated carbocycles. The second-order valence-electron chi connectivity index (χ2n) is 8.43. The molecule has 31 heavy (non-hydrogen) atoms. The highest BCUT2D eigenvalue weighted by Gasteiger charge is 2.51. The Morgan fingerprint density at radius 2 is 2.10 bits per heavy atom. The van der Waals surface area contributed by atoms with Gasteiger partial charge in [0.2, 0.25) is 0 Å². The molecule has 0 spiro atoms. The molecule has 2 aromatic rings. The van der Waals surface area contributed by atoms with E-state index in [-0.39, 0.29) is 11.5 Å². The minimum atomic E-state index is -0.477. The van der Waals surface area contributed by atoms with Crippen LogP contribution in [0.2, 0.25) is 0 Å². The largest absolute Gasteiger partial charge is 0.493 e. The molecule has 0 fully saturated rings. The highest BCUT2D eigenvalue weighted by Crippen LogP contribution is 2.54. The summed E-state index contributed by atoms with van der Waals surface area (Å²) in [5.41, 5.74) is 2.27. The Hall–Kier alpha value is -2.86. The van der Waals surface area contributed by atoms with E-state index in [1.165, 1.54) is 29.8 Å².